The van der Waals surface area contributed by atoms with Crippen LogP contribution in [-0.4, -0.2) is 36.4 Å². The molecule has 0 aliphatic carbocycles. The van der Waals surface area contributed by atoms with Crippen LogP contribution in [0.5, 0.6) is 11.5 Å². The Kier molecular flexibility index (Phi) is 4.93. The van der Waals surface area contributed by atoms with Crippen molar-refractivity contribution in [2.45, 2.75) is 17.9 Å². The van der Waals surface area contributed by atoms with E-state index in [1.807, 2.05) is 35.2 Å². The van der Waals surface area contributed by atoms with Crippen LogP contribution in [0.1, 0.15) is 17.5 Å². The number of para-hydroxylation sites is 1. The number of hydrogen-bond donors (Lipinski definition) is 0. The lowest BCUT2D eigenvalue weighted by atomic mass is 10.0. The average molecular weight is 417 g/mol. The van der Waals surface area contributed by atoms with E-state index >= 15 is 0 Å². The molecule has 0 radical (unpaired) electrons. The van der Waals surface area contributed by atoms with Gasteiger partial charge in [0.15, 0.2) is 11.5 Å². The molecule has 0 N–H and O–H groups in total. The molecular formula is C23H19N3O3S. The second-order valence-electron chi connectivity index (χ2n) is 7.21. The van der Waals surface area contributed by atoms with Gasteiger partial charge in [-0.1, -0.05) is 30.0 Å². The molecule has 0 fully saturated rings. The fraction of sp³-hybridized carbons (Fsp3) is 0.261. The molecule has 30 heavy (non-hydrogen) atoms. The predicted octanol–water partition coefficient (Wildman–Crippen LogP) is 3.95. The number of rotatable bonds is 3. The standard InChI is InChI=1S/C23H19N3O3S/c24-13-17-10-16-11-20-21(29-9-8-28-20)12-18(16)25-23(17)30-14-22(27)26-7-3-5-15-4-1-2-6-19(15)26/h1-2,4,6,10-12H,3,5,7-9,14H2. The fourth-order valence-corrected chi connectivity index (χ4v) is 4.72. The number of hydrogen-bond acceptors (Lipinski definition) is 6. The molecule has 5 rings (SSSR count). The Balaban J connectivity index is 1.40. The highest BCUT2D eigenvalue weighted by atomic mass is 32.2. The number of aromatic nitrogens is 1. The Morgan fingerprint density at radius 2 is 1.97 bits per heavy atom. The maximum absolute atomic E-state index is 12.9. The van der Waals surface area contributed by atoms with Crippen molar-refractivity contribution < 1.29 is 14.3 Å². The second kappa shape index (κ2) is 7.88. The van der Waals surface area contributed by atoms with Gasteiger partial charge in [-0.25, -0.2) is 4.98 Å². The Labute approximate surface area is 178 Å². The zero-order valence-corrected chi connectivity index (χ0v) is 17.1. The highest BCUT2D eigenvalue weighted by molar-refractivity contribution is 8.00. The molecule has 7 heteroatoms. The number of carbonyl (C=O) groups is 1. The number of carbonyl (C=O) groups excluding carboxylic acids is 1. The van der Waals surface area contributed by atoms with Gasteiger partial charge in [-0.05, 0) is 36.6 Å². The van der Waals surface area contributed by atoms with Crippen LogP contribution in [0.2, 0.25) is 0 Å². The smallest absolute Gasteiger partial charge is 0.237 e. The molecule has 0 bridgehead atoms. The van der Waals surface area contributed by atoms with Gasteiger partial charge in [-0.2, -0.15) is 5.26 Å². The van der Waals surface area contributed by atoms with Gasteiger partial charge in [0.1, 0.15) is 24.3 Å². The Bertz CT molecular complexity index is 1190. The van der Waals surface area contributed by atoms with E-state index in [2.05, 4.69) is 17.1 Å². The van der Waals surface area contributed by atoms with Crippen molar-refractivity contribution in [3.8, 4) is 17.6 Å². The third-order valence-corrected chi connectivity index (χ3v) is 6.28. The third kappa shape index (κ3) is 3.44. The first-order chi connectivity index (χ1) is 14.7. The number of benzene rings is 2. The van der Waals surface area contributed by atoms with E-state index < -0.39 is 0 Å². The Hall–Kier alpha value is -3.24. The largest absolute Gasteiger partial charge is 0.486 e. The summed E-state index contributed by atoms with van der Waals surface area (Å²) in [6, 6.07) is 15.7. The summed E-state index contributed by atoms with van der Waals surface area (Å²) in [4.78, 5) is 19.4. The molecule has 0 atom stereocenters. The summed E-state index contributed by atoms with van der Waals surface area (Å²) >= 11 is 1.30. The molecule has 2 aliphatic heterocycles. The number of fused-ring (bicyclic) bond motifs is 3. The lowest BCUT2D eigenvalue weighted by Crippen LogP contribution is -2.36. The fourth-order valence-electron chi connectivity index (χ4n) is 3.88. The normalized spacial score (nSPS) is 14.8. The van der Waals surface area contributed by atoms with Crippen LogP contribution < -0.4 is 14.4 Å². The van der Waals surface area contributed by atoms with Crippen molar-refractivity contribution in [2.24, 2.45) is 0 Å². The van der Waals surface area contributed by atoms with Gasteiger partial charge >= 0.3 is 0 Å². The number of amides is 1. The van der Waals surface area contributed by atoms with Crippen molar-refractivity contribution in [3.63, 3.8) is 0 Å². The van der Waals surface area contributed by atoms with Crippen LogP contribution in [0.15, 0.2) is 47.5 Å². The van der Waals surface area contributed by atoms with Gasteiger partial charge in [0, 0.05) is 23.7 Å². The first-order valence-corrected chi connectivity index (χ1v) is 10.9. The van der Waals surface area contributed by atoms with E-state index in [1.54, 1.807) is 6.07 Å². The minimum absolute atomic E-state index is 0.0279. The second-order valence-corrected chi connectivity index (χ2v) is 8.17. The van der Waals surface area contributed by atoms with Crippen LogP contribution in [0.3, 0.4) is 0 Å². The zero-order valence-electron chi connectivity index (χ0n) is 16.3. The minimum atomic E-state index is 0.0279. The van der Waals surface area contributed by atoms with Crippen LogP contribution in [0, 0.1) is 11.3 Å². The lowest BCUT2D eigenvalue weighted by molar-refractivity contribution is -0.116. The quantitative estimate of drug-likeness (QED) is 0.601. The minimum Gasteiger partial charge on any atom is -0.486 e. The molecule has 150 valence electrons. The Morgan fingerprint density at radius 3 is 2.80 bits per heavy atom. The number of aryl methyl sites for hydroxylation is 1. The van der Waals surface area contributed by atoms with Crippen LogP contribution >= 0.6 is 11.8 Å². The molecule has 2 aromatic carbocycles. The maximum atomic E-state index is 12.9. The van der Waals surface area contributed by atoms with Gasteiger partial charge < -0.3 is 14.4 Å². The van der Waals surface area contributed by atoms with Crippen molar-refractivity contribution in [1.82, 2.24) is 4.98 Å². The SMILES string of the molecule is N#Cc1cc2cc3c(cc2nc1SCC(=O)N1CCCc2ccccc21)OCCO3. The molecule has 0 saturated carbocycles. The van der Waals surface area contributed by atoms with E-state index in [0.29, 0.717) is 35.3 Å². The summed E-state index contributed by atoms with van der Waals surface area (Å²) < 4.78 is 11.3. The van der Waals surface area contributed by atoms with Gasteiger partial charge in [-0.15, -0.1) is 0 Å². The molecule has 6 nitrogen and oxygen atoms in total. The van der Waals surface area contributed by atoms with Gasteiger partial charge in [-0.3, -0.25) is 4.79 Å². The highest BCUT2D eigenvalue weighted by Crippen LogP contribution is 2.36. The van der Waals surface area contributed by atoms with Crippen LogP contribution in [0.4, 0.5) is 5.69 Å². The highest BCUT2D eigenvalue weighted by Gasteiger charge is 2.23. The van der Waals surface area contributed by atoms with Crippen molar-refractivity contribution in [2.75, 3.05) is 30.4 Å². The molecule has 3 heterocycles. The Morgan fingerprint density at radius 1 is 1.17 bits per heavy atom. The molecule has 3 aromatic rings. The van der Waals surface area contributed by atoms with E-state index in [4.69, 9.17) is 9.47 Å². The molecule has 0 spiro atoms. The van der Waals surface area contributed by atoms with Crippen LogP contribution in [0.25, 0.3) is 10.9 Å². The maximum Gasteiger partial charge on any atom is 0.237 e. The summed E-state index contributed by atoms with van der Waals surface area (Å²) in [5.41, 5.74) is 3.37. The van der Waals surface area contributed by atoms with Gasteiger partial charge in [0.2, 0.25) is 5.91 Å². The lowest BCUT2D eigenvalue weighted by Gasteiger charge is -2.29. The van der Waals surface area contributed by atoms with Gasteiger partial charge in [0.05, 0.1) is 16.8 Å². The summed E-state index contributed by atoms with van der Waals surface area (Å²) in [6.07, 6.45) is 1.95. The van der Waals surface area contributed by atoms with Gasteiger partial charge in [0.25, 0.3) is 0 Å². The number of thioether (sulfide) groups is 1. The van der Waals surface area contributed by atoms with Crippen molar-refractivity contribution >= 4 is 34.3 Å². The summed E-state index contributed by atoms with van der Waals surface area (Å²) in [7, 11) is 0. The summed E-state index contributed by atoms with van der Waals surface area (Å²) in [5.74, 6) is 1.58. The van der Waals surface area contributed by atoms with E-state index in [1.165, 1.54) is 17.3 Å². The van der Waals surface area contributed by atoms with Crippen LogP contribution in [-0.2, 0) is 11.2 Å². The number of anilines is 1. The average Bonchev–Trinajstić information content (AvgIpc) is 2.80. The molecule has 0 unspecified atom stereocenters. The van der Waals surface area contributed by atoms with E-state index in [9.17, 15) is 10.1 Å². The summed E-state index contributed by atoms with van der Waals surface area (Å²) in [6.45, 7) is 1.73. The summed E-state index contributed by atoms with van der Waals surface area (Å²) in [5, 5.41) is 11.0. The number of pyridine rings is 1. The topological polar surface area (TPSA) is 75.5 Å². The molecule has 2 aliphatic rings. The number of nitriles is 1. The first kappa shape index (κ1) is 18.8. The molecule has 1 amide bonds. The van der Waals surface area contributed by atoms with Crippen molar-refractivity contribution in [3.05, 3.63) is 53.6 Å². The predicted molar refractivity (Wildman–Crippen MR) is 115 cm³/mol. The monoisotopic (exact) mass is 417 g/mol. The first-order valence-electron chi connectivity index (χ1n) is 9.88. The number of ether oxygens (including phenoxy) is 2. The third-order valence-electron chi connectivity index (χ3n) is 5.31. The number of nitrogens with zero attached hydrogens (tertiary/aromatic N) is 3. The molecule has 0 saturated heterocycles. The molecular weight excluding hydrogens is 398 g/mol. The van der Waals surface area contributed by atoms with E-state index in [0.717, 1.165) is 36.0 Å². The molecule has 1 aromatic heterocycles. The van der Waals surface area contributed by atoms with Crippen molar-refractivity contribution in [1.29, 1.82) is 5.26 Å². The zero-order chi connectivity index (χ0) is 20.5. The van der Waals surface area contributed by atoms with E-state index in [-0.39, 0.29) is 11.7 Å².